The van der Waals surface area contributed by atoms with E-state index in [9.17, 15) is 22.4 Å². The summed E-state index contributed by atoms with van der Waals surface area (Å²) in [5, 5.41) is 2.59. The summed E-state index contributed by atoms with van der Waals surface area (Å²) in [6, 6.07) is 5.74. The minimum atomic E-state index is -4.60. The number of carbonyl (C=O) groups excluding carboxylic acids is 1. The molecule has 0 saturated carbocycles. The van der Waals surface area contributed by atoms with Crippen molar-refractivity contribution >= 4 is 17.5 Å². The number of para-hydroxylation sites is 1. The fourth-order valence-corrected chi connectivity index (χ4v) is 2.47. The van der Waals surface area contributed by atoms with E-state index >= 15 is 0 Å². The van der Waals surface area contributed by atoms with Crippen LogP contribution >= 0.6 is 0 Å². The first-order chi connectivity index (χ1) is 11.4. The van der Waals surface area contributed by atoms with Gasteiger partial charge in [0.15, 0.2) is 0 Å². The molecule has 2 heterocycles. The highest BCUT2D eigenvalue weighted by Gasteiger charge is 2.36. The Labute approximate surface area is 134 Å². The maximum atomic E-state index is 13.8. The van der Waals surface area contributed by atoms with Gasteiger partial charge in [-0.3, -0.25) is 4.79 Å². The van der Waals surface area contributed by atoms with Gasteiger partial charge in [0, 0.05) is 12.7 Å². The van der Waals surface area contributed by atoms with E-state index < -0.39 is 29.6 Å². The summed E-state index contributed by atoms with van der Waals surface area (Å²) < 4.78 is 51.7. The van der Waals surface area contributed by atoms with Crippen molar-refractivity contribution < 1.29 is 22.4 Å². The highest BCUT2D eigenvalue weighted by Crippen LogP contribution is 2.28. The summed E-state index contributed by atoms with van der Waals surface area (Å²) in [6.45, 7) is 0.246. The van der Waals surface area contributed by atoms with Crippen molar-refractivity contribution in [2.24, 2.45) is 0 Å². The molecule has 1 aromatic carbocycles. The van der Waals surface area contributed by atoms with Gasteiger partial charge in [0.1, 0.15) is 17.6 Å². The number of alkyl halides is 3. The van der Waals surface area contributed by atoms with Crippen LogP contribution in [0.5, 0.6) is 0 Å². The van der Waals surface area contributed by atoms with Crippen molar-refractivity contribution in [1.29, 1.82) is 0 Å². The lowest BCUT2D eigenvalue weighted by Gasteiger charge is -2.18. The Kier molecular flexibility index (Phi) is 4.08. The molecule has 0 bridgehead atoms. The second-order valence-corrected chi connectivity index (χ2v) is 5.19. The third kappa shape index (κ3) is 3.15. The van der Waals surface area contributed by atoms with E-state index in [2.05, 4.69) is 15.3 Å². The number of hydrogen-bond acceptors (Lipinski definition) is 4. The Bertz CT molecular complexity index is 765. The monoisotopic (exact) mass is 340 g/mol. The Morgan fingerprint density at radius 2 is 1.96 bits per heavy atom. The summed E-state index contributed by atoms with van der Waals surface area (Å²) in [7, 11) is 0. The molecule has 1 N–H and O–H groups in total. The number of rotatable bonds is 3. The molecule has 9 heteroatoms. The molecule has 0 aliphatic carbocycles. The van der Waals surface area contributed by atoms with Crippen molar-refractivity contribution in [3.63, 3.8) is 0 Å². The molecule has 0 spiro atoms. The molecule has 1 aliphatic heterocycles. The highest BCUT2D eigenvalue weighted by molar-refractivity contribution is 6.00. The molecule has 1 saturated heterocycles. The van der Waals surface area contributed by atoms with Crippen molar-refractivity contribution in [3.05, 3.63) is 48.0 Å². The number of nitrogens with one attached hydrogen (secondary N) is 1. The number of carbonyl (C=O) groups is 1. The Hall–Kier alpha value is -2.71. The predicted molar refractivity (Wildman–Crippen MR) is 77.8 cm³/mol. The van der Waals surface area contributed by atoms with E-state index in [1.54, 1.807) is 6.07 Å². The maximum absolute atomic E-state index is 13.8. The van der Waals surface area contributed by atoms with Crippen LogP contribution in [0.4, 0.5) is 29.2 Å². The smallest absolute Gasteiger partial charge is 0.342 e. The minimum absolute atomic E-state index is 0.136. The van der Waals surface area contributed by atoms with Gasteiger partial charge in [-0.2, -0.15) is 13.2 Å². The van der Waals surface area contributed by atoms with E-state index in [0.29, 0.717) is 6.42 Å². The molecule has 1 amide bonds. The number of nitrogens with zero attached hydrogens (tertiary/aromatic N) is 3. The third-order valence-electron chi connectivity index (χ3n) is 3.60. The van der Waals surface area contributed by atoms with Crippen LogP contribution < -0.4 is 10.2 Å². The first kappa shape index (κ1) is 16.2. The van der Waals surface area contributed by atoms with Gasteiger partial charge in [0.05, 0.1) is 5.69 Å². The molecule has 1 aromatic heterocycles. The second kappa shape index (κ2) is 6.06. The van der Waals surface area contributed by atoms with Crippen LogP contribution in [0, 0.1) is 5.82 Å². The molecule has 0 unspecified atom stereocenters. The highest BCUT2D eigenvalue weighted by atomic mass is 19.4. The average Bonchev–Trinajstić information content (AvgIpc) is 2.88. The zero-order valence-electron chi connectivity index (χ0n) is 12.2. The van der Waals surface area contributed by atoms with Crippen molar-refractivity contribution in [3.8, 4) is 0 Å². The van der Waals surface area contributed by atoms with Gasteiger partial charge >= 0.3 is 6.18 Å². The fourth-order valence-electron chi connectivity index (χ4n) is 2.47. The number of benzene rings is 1. The van der Waals surface area contributed by atoms with Crippen LogP contribution in [0.15, 0.2) is 36.5 Å². The zero-order valence-corrected chi connectivity index (χ0v) is 12.2. The maximum Gasteiger partial charge on any atom is 0.433 e. The van der Waals surface area contributed by atoms with Crippen LogP contribution in [0.2, 0.25) is 0 Å². The lowest BCUT2D eigenvalue weighted by molar-refractivity contribution is -0.141. The summed E-state index contributed by atoms with van der Waals surface area (Å²) in [4.78, 5) is 20.7. The molecular formula is C15H12F4N4O. The van der Waals surface area contributed by atoms with Crippen LogP contribution in [0.3, 0.4) is 0 Å². The van der Waals surface area contributed by atoms with E-state index in [-0.39, 0.29) is 18.2 Å². The van der Waals surface area contributed by atoms with Gasteiger partial charge in [-0.15, -0.1) is 0 Å². The molecule has 3 rings (SSSR count). The summed E-state index contributed by atoms with van der Waals surface area (Å²) >= 11 is 0. The third-order valence-corrected chi connectivity index (χ3v) is 3.60. The number of amides is 1. The minimum Gasteiger partial charge on any atom is -0.342 e. The van der Waals surface area contributed by atoms with Gasteiger partial charge < -0.3 is 10.2 Å². The zero-order chi connectivity index (χ0) is 17.3. The van der Waals surface area contributed by atoms with Gasteiger partial charge in [-0.25, -0.2) is 14.4 Å². The second-order valence-electron chi connectivity index (χ2n) is 5.19. The van der Waals surface area contributed by atoms with Crippen molar-refractivity contribution in [2.75, 3.05) is 16.8 Å². The molecule has 5 nitrogen and oxygen atoms in total. The van der Waals surface area contributed by atoms with Crippen LogP contribution in [0.25, 0.3) is 0 Å². The van der Waals surface area contributed by atoms with Gasteiger partial charge in [-0.05, 0) is 24.6 Å². The van der Waals surface area contributed by atoms with Crippen LogP contribution in [-0.4, -0.2) is 28.5 Å². The largest absolute Gasteiger partial charge is 0.433 e. The Morgan fingerprint density at radius 1 is 1.21 bits per heavy atom. The van der Waals surface area contributed by atoms with Gasteiger partial charge in [0.2, 0.25) is 11.9 Å². The molecule has 126 valence electrons. The number of aromatic nitrogens is 2. The van der Waals surface area contributed by atoms with E-state index in [4.69, 9.17) is 0 Å². The molecule has 2 aromatic rings. The summed E-state index contributed by atoms with van der Waals surface area (Å²) in [5.41, 5.74) is -0.965. The first-order valence-electron chi connectivity index (χ1n) is 7.09. The van der Waals surface area contributed by atoms with Crippen LogP contribution in [0.1, 0.15) is 12.1 Å². The van der Waals surface area contributed by atoms with Gasteiger partial charge in [0.25, 0.3) is 0 Å². The van der Waals surface area contributed by atoms with E-state index in [1.807, 2.05) is 0 Å². The van der Waals surface area contributed by atoms with E-state index in [1.165, 1.54) is 23.1 Å². The Balaban J connectivity index is 1.76. The lowest BCUT2D eigenvalue weighted by atomic mass is 10.2. The normalized spacial score (nSPS) is 18.1. The quantitative estimate of drug-likeness (QED) is 0.873. The first-order valence-corrected chi connectivity index (χ1v) is 7.09. The van der Waals surface area contributed by atoms with Gasteiger partial charge in [-0.1, -0.05) is 12.1 Å². The average molecular weight is 340 g/mol. The van der Waals surface area contributed by atoms with Crippen LogP contribution in [-0.2, 0) is 11.0 Å². The summed E-state index contributed by atoms with van der Waals surface area (Å²) in [5.74, 6) is -1.28. The number of anilines is 2. The van der Waals surface area contributed by atoms with E-state index in [0.717, 1.165) is 12.3 Å². The molecular weight excluding hydrogens is 328 g/mol. The molecule has 0 radical (unpaired) electrons. The number of hydrogen-bond donors (Lipinski definition) is 1. The van der Waals surface area contributed by atoms with Crippen molar-refractivity contribution in [2.45, 2.75) is 18.6 Å². The SMILES string of the molecule is O=C1[C@@H](Nc2nccc(C(F)(F)F)n2)CCN1c1ccccc1F. The molecule has 1 fully saturated rings. The molecule has 1 atom stereocenters. The predicted octanol–water partition coefficient (Wildman–Crippen LogP) is 2.85. The molecule has 1 aliphatic rings. The summed E-state index contributed by atoms with van der Waals surface area (Å²) in [6.07, 6.45) is -3.34. The number of halogens is 4. The topological polar surface area (TPSA) is 58.1 Å². The standard InChI is InChI=1S/C15H12F4N4O/c16-9-3-1-2-4-11(9)23-8-6-10(13(23)24)21-14-20-7-5-12(22-14)15(17,18)19/h1-5,7,10H,6,8H2,(H,20,21,22)/t10-/m0/s1. The Morgan fingerprint density at radius 3 is 2.67 bits per heavy atom. The molecule has 24 heavy (non-hydrogen) atoms. The fraction of sp³-hybridized carbons (Fsp3) is 0.267. The lowest BCUT2D eigenvalue weighted by Crippen LogP contribution is -2.34. The van der Waals surface area contributed by atoms with Crippen molar-refractivity contribution in [1.82, 2.24) is 9.97 Å².